The first-order valence-electron chi connectivity index (χ1n) is 5.55. The summed E-state index contributed by atoms with van der Waals surface area (Å²) in [5.41, 5.74) is 0.766. The Labute approximate surface area is 97.4 Å². The highest BCUT2D eigenvalue weighted by Gasteiger charge is 2.18. The second-order valence-corrected chi connectivity index (χ2v) is 4.88. The van der Waals surface area contributed by atoms with Crippen molar-refractivity contribution < 1.29 is 9.84 Å². The van der Waals surface area contributed by atoms with Crippen LogP contribution in [0.3, 0.4) is 0 Å². The first-order chi connectivity index (χ1) is 7.38. The van der Waals surface area contributed by atoms with E-state index in [2.05, 4.69) is 5.32 Å². The van der Waals surface area contributed by atoms with Crippen molar-refractivity contribution in [3.63, 3.8) is 0 Å². The molecule has 1 unspecified atom stereocenters. The fraction of sp³-hybridized carbons (Fsp3) is 0.538. The Kier molecular flexibility index (Phi) is 4.47. The van der Waals surface area contributed by atoms with Crippen molar-refractivity contribution in [1.82, 2.24) is 5.32 Å². The quantitative estimate of drug-likeness (QED) is 0.770. The van der Waals surface area contributed by atoms with Crippen LogP contribution in [-0.4, -0.2) is 17.1 Å². The van der Waals surface area contributed by atoms with Crippen molar-refractivity contribution in [2.45, 2.75) is 45.8 Å². The average molecular weight is 223 g/mol. The molecule has 0 heterocycles. The number of aliphatic hydroxyl groups excluding tert-OH is 1. The summed E-state index contributed by atoms with van der Waals surface area (Å²) in [6, 6.07) is 10.0. The van der Waals surface area contributed by atoms with Crippen LogP contribution in [0, 0.1) is 0 Å². The molecule has 0 spiro atoms. The van der Waals surface area contributed by atoms with Gasteiger partial charge in [0.2, 0.25) is 6.41 Å². The molecule has 0 aliphatic carbocycles. The summed E-state index contributed by atoms with van der Waals surface area (Å²) in [5.74, 6) is 0. The highest BCUT2D eigenvalue weighted by Crippen LogP contribution is 2.14. The third-order valence-electron chi connectivity index (χ3n) is 2.16. The Morgan fingerprint density at radius 1 is 1.19 bits per heavy atom. The van der Waals surface area contributed by atoms with Gasteiger partial charge in [0.05, 0.1) is 5.60 Å². The lowest BCUT2D eigenvalue weighted by molar-refractivity contribution is -0.185. The number of rotatable bonds is 4. The summed E-state index contributed by atoms with van der Waals surface area (Å²) in [7, 11) is 0. The average Bonchev–Trinajstić information content (AvgIpc) is 2.16. The Hall–Kier alpha value is -0.900. The molecule has 0 fully saturated rings. The van der Waals surface area contributed by atoms with Crippen LogP contribution < -0.4 is 5.32 Å². The number of hydrogen-bond donors (Lipinski definition) is 2. The van der Waals surface area contributed by atoms with Gasteiger partial charge in [-0.15, -0.1) is 0 Å². The Morgan fingerprint density at radius 2 is 1.75 bits per heavy atom. The zero-order chi connectivity index (χ0) is 12.2. The van der Waals surface area contributed by atoms with Gasteiger partial charge in [0.25, 0.3) is 0 Å². The van der Waals surface area contributed by atoms with Gasteiger partial charge in [0, 0.05) is 6.04 Å². The molecule has 1 aromatic carbocycles. The number of aliphatic hydroxyl groups is 1. The van der Waals surface area contributed by atoms with Crippen molar-refractivity contribution >= 4 is 0 Å². The standard InChI is InChI=1S/C13H21NO2/c1-10(11-8-6-5-7-9-11)14-12(15)16-13(2,3)4/h5-10,12,14-15H,1-4H3/t10-,12?/m1/s1. The monoisotopic (exact) mass is 223 g/mol. The lowest BCUT2D eigenvalue weighted by atomic mass is 10.1. The number of hydrogen-bond acceptors (Lipinski definition) is 3. The third-order valence-corrected chi connectivity index (χ3v) is 2.16. The summed E-state index contributed by atoms with van der Waals surface area (Å²) < 4.78 is 5.37. The van der Waals surface area contributed by atoms with E-state index >= 15 is 0 Å². The number of ether oxygens (including phenoxy) is 1. The first kappa shape index (κ1) is 13.2. The fourth-order valence-corrected chi connectivity index (χ4v) is 1.42. The Balaban J connectivity index is 2.49. The summed E-state index contributed by atoms with van der Waals surface area (Å²) in [5, 5.41) is 12.7. The largest absolute Gasteiger partial charge is 0.356 e. The summed E-state index contributed by atoms with van der Waals surface area (Å²) in [6.45, 7) is 7.71. The molecule has 0 radical (unpaired) electrons. The van der Waals surface area contributed by atoms with Gasteiger partial charge in [-0.05, 0) is 33.3 Å². The lowest BCUT2D eigenvalue weighted by Gasteiger charge is -2.26. The van der Waals surface area contributed by atoms with Crippen LogP contribution >= 0.6 is 0 Å². The summed E-state index contributed by atoms with van der Waals surface area (Å²) >= 11 is 0. The molecule has 16 heavy (non-hydrogen) atoms. The van der Waals surface area contributed by atoms with E-state index in [0.29, 0.717) is 0 Å². The van der Waals surface area contributed by atoms with Crippen LogP contribution in [-0.2, 0) is 4.74 Å². The van der Waals surface area contributed by atoms with Crippen molar-refractivity contribution in [3.8, 4) is 0 Å². The van der Waals surface area contributed by atoms with Crippen molar-refractivity contribution in [2.24, 2.45) is 0 Å². The van der Waals surface area contributed by atoms with Crippen LogP contribution in [0.4, 0.5) is 0 Å². The normalized spacial score (nSPS) is 15.8. The fourth-order valence-electron chi connectivity index (χ4n) is 1.42. The molecule has 2 atom stereocenters. The van der Waals surface area contributed by atoms with Gasteiger partial charge < -0.3 is 9.84 Å². The number of benzene rings is 1. The Morgan fingerprint density at radius 3 is 2.25 bits per heavy atom. The van der Waals surface area contributed by atoms with Crippen molar-refractivity contribution in [2.75, 3.05) is 0 Å². The summed E-state index contributed by atoms with van der Waals surface area (Å²) in [6.07, 6.45) is -0.949. The molecule has 0 saturated carbocycles. The maximum Gasteiger partial charge on any atom is 0.214 e. The highest BCUT2D eigenvalue weighted by atomic mass is 16.6. The number of nitrogens with one attached hydrogen (secondary N) is 1. The zero-order valence-corrected chi connectivity index (χ0v) is 10.4. The second kappa shape index (κ2) is 5.43. The topological polar surface area (TPSA) is 41.5 Å². The smallest absolute Gasteiger partial charge is 0.214 e. The van der Waals surface area contributed by atoms with Gasteiger partial charge in [-0.25, -0.2) is 0 Å². The van der Waals surface area contributed by atoms with E-state index in [-0.39, 0.29) is 11.6 Å². The maximum absolute atomic E-state index is 9.68. The molecule has 0 saturated heterocycles. The van der Waals surface area contributed by atoms with E-state index < -0.39 is 6.41 Å². The van der Waals surface area contributed by atoms with Crippen LogP contribution in [0.1, 0.15) is 39.3 Å². The van der Waals surface area contributed by atoms with Gasteiger partial charge in [0.15, 0.2) is 0 Å². The van der Waals surface area contributed by atoms with E-state index in [9.17, 15) is 5.11 Å². The van der Waals surface area contributed by atoms with E-state index in [1.54, 1.807) is 0 Å². The molecule has 2 N–H and O–H groups in total. The van der Waals surface area contributed by atoms with E-state index in [4.69, 9.17) is 4.74 Å². The molecular weight excluding hydrogens is 202 g/mol. The minimum Gasteiger partial charge on any atom is -0.356 e. The van der Waals surface area contributed by atoms with Gasteiger partial charge in [0.1, 0.15) is 0 Å². The third kappa shape index (κ3) is 4.75. The molecule has 0 aromatic heterocycles. The first-order valence-corrected chi connectivity index (χ1v) is 5.55. The van der Waals surface area contributed by atoms with Crippen LogP contribution in [0.15, 0.2) is 30.3 Å². The molecule has 3 nitrogen and oxygen atoms in total. The van der Waals surface area contributed by atoms with Gasteiger partial charge in [-0.3, -0.25) is 5.32 Å². The molecule has 1 rings (SSSR count). The van der Waals surface area contributed by atoms with E-state index in [0.717, 1.165) is 5.56 Å². The molecular formula is C13H21NO2. The molecule has 0 aliphatic heterocycles. The molecule has 3 heteroatoms. The maximum atomic E-state index is 9.68. The van der Waals surface area contributed by atoms with Gasteiger partial charge in [-0.1, -0.05) is 30.3 Å². The van der Waals surface area contributed by atoms with Crippen molar-refractivity contribution in [3.05, 3.63) is 35.9 Å². The SMILES string of the molecule is C[C@@H](NC(O)OC(C)(C)C)c1ccccc1. The highest BCUT2D eigenvalue weighted by molar-refractivity contribution is 5.17. The molecule has 1 aromatic rings. The minimum atomic E-state index is -0.949. The van der Waals surface area contributed by atoms with Crippen LogP contribution in [0.25, 0.3) is 0 Å². The van der Waals surface area contributed by atoms with Crippen molar-refractivity contribution in [1.29, 1.82) is 0 Å². The predicted octanol–water partition coefficient (Wildman–Crippen LogP) is 2.43. The second-order valence-electron chi connectivity index (χ2n) is 4.88. The minimum absolute atomic E-state index is 0.0542. The molecule has 0 amide bonds. The lowest BCUT2D eigenvalue weighted by Crippen LogP contribution is -2.39. The zero-order valence-electron chi connectivity index (χ0n) is 10.4. The van der Waals surface area contributed by atoms with Crippen LogP contribution in [0.2, 0.25) is 0 Å². The molecule has 0 aliphatic rings. The van der Waals surface area contributed by atoms with Gasteiger partial charge in [-0.2, -0.15) is 0 Å². The van der Waals surface area contributed by atoms with E-state index in [1.165, 1.54) is 0 Å². The van der Waals surface area contributed by atoms with Crippen LogP contribution in [0.5, 0.6) is 0 Å². The molecule has 0 bridgehead atoms. The van der Waals surface area contributed by atoms with E-state index in [1.807, 2.05) is 58.0 Å². The summed E-state index contributed by atoms with van der Waals surface area (Å²) in [4.78, 5) is 0. The molecule has 90 valence electrons. The Bertz CT molecular complexity index is 305. The van der Waals surface area contributed by atoms with Gasteiger partial charge >= 0.3 is 0 Å². The predicted molar refractivity (Wildman–Crippen MR) is 64.8 cm³/mol.